The highest BCUT2D eigenvalue weighted by molar-refractivity contribution is 5.39. The molecule has 13 heavy (non-hydrogen) atoms. The van der Waals surface area contributed by atoms with Crippen LogP contribution in [0.1, 0.15) is 7.43 Å². The Bertz CT molecular complexity index is 286. The van der Waals surface area contributed by atoms with Gasteiger partial charge in [0.25, 0.3) is 0 Å². The predicted molar refractivity (Wildman–Crippen MR) is 54.1 cm³/mol. The molecule has 0 bridgehead atoms. The first-order chi connectivity index (χ1) is 5.88. The van der Waals surface area contributed by atoms with Crippen LogP contribution in [0.4, 0.5) is 0 Å². The fourth-order valence-corrected chi connectivity index (χ4v) is 0.857. The minimum atomic E-state index is 0. The number of hydrogen-bond donors (Lipinski definition) is 0. The van der Waals surface area contributed by atoms with E-state index in [1.165, 1.54) is 0 Å². The van der Waals surface area contributed by atoms with Crippen LogP contribution in [0.15, 0.2) is 24.3 Å². The molecule has 0 aliphatic heterocycles. The van der Waals surface area contributed by atoms with Crippen molar-refractivity contribution in [3.63, 3.8) is 0 Å². The molecule has 0 aromatic heterocycles. The molecule has 0 atom stereocenters. The van der Waals surface area contributed by atoms with E-state index in [1.54, 1.807) is 7.11 Å². The van der Waals surface area contributed by atoms with Crippen LogP contribution in [0, 0.1) is 12.3 Å². The summed E-state index contributed by atoms with van der Waals surface area (Å²) >= 11 is 0. The van der Waals surface area contributed by atoms with Gasteiger partial charge in [0, 0.05) is 0 Å². The lowest BCUT2D eigenvalue weighted by atomic mass is 10.3. The summed E-state index contributed by atoms with van der Waals surface area (Å²) in [6.07, 6.45) is 5.05. The highest BCUT2D eigenvalue weighted by Crippen LogP contribution is 2.25. The van der Waals surface area contributed by atoms with E-state index < -0.39 is 0 Å². The van der Waals surface area contributed by atoms with Crippen molar-refractivity contribution in [2.24, 2.45) is 0 Å². The Hall–Kier alpha value is -1.62. The molecule has 0 saturated heterocycles. The van der Waals surface area contributed by atoms with Crippen LogP contribution in [-0.4, -0.2) is 13.7 Å². The molecular weight excluding hydrogens is 164 g/mol. The maximum Gasteiger partial charge on any atom is 0.162 e. The first kappa shape index (κ1) is 11.4. The van der Waals surface area contributed by atoms with Crippen molar-refractivity contribution in [3.8, 4) is 23.8 Å². The van der Waals surface area contributed by atoms with E-state index in [0.29, 0.717) is 11.5 Å². The second-order valence-corrected chi connectivity index (χ2v) is 2.14. The van der Waals surface area contributed by atoms with Gasteiger partial charge in [0.2, 0.25) is 0 Å². The quantitative estimate of drug-likeness (QED) is 0.661. The second kappa shape index (κ2) is 5.96. The Balaban J connectivity index is 0.00000144. The molecule has 1 rings (SSSR count). The third-order valence-electron chi connectivity index (χ3n) is 1.38. The molecule has 0 amide bonds. The van der Waals surface area contributed by atoms with Crippen molar-refractivity contribution in [1.82, 2.24) is 0 Å². The van der Waals surface area contributed by atoms with Crippen molar-refractivity contribution in [1.29, 1.82) is 0 Å². The van der Waals surface area contributed by atoms with Gasteiger partial charge >= 0.3 is 0 Å². The van der Waals surface area contributed by atoms with E-state index in [1.807, 2.05) is 24.3 Å². The monoisotopic (exact) mass is 178 g/mol. The van der Waals surface area contributed by atoms with Gasteiger partial charge in [-0.25, -0.2) is 0 Å². The van der Waals surface area contributed by atoms with Gasteiger partial charge in [0.15, 0.2) is 11.5 Å². The Kier molecular flexibility index (Phi) is 5.22. The van der Waals surface area contributed by atoms with E-state index in [2.05, 4.69) is 5.92 Å². The Morgan fingerprint density at radius 1 is 1.31 bits per heavy atom. The summed E-state index contributed by atoms with van der Waals surface area (Å²) in [6.45, 7) is 0.264. The number of benzene rings is 1. The second-order valence-electron chi connectivity index (χ2n) is 2.14. The van der Waals surface area contributed by atoms with Crippen molar-refractivity contribution in [2.45, 2.75) is 7.43 Å². The van der Waals surface area contributed by atoms with Gasteiger partial charge in [0.05, 0.1) is 7.11 Å². The number of para-hydroxylation sites is 2. The predicted octanol–water partition coefficient (Wildman–Crippen LogP) is 2.34. The summed E-state index contributed by atoms with van der Waals surface area (Å²) in [5.41, 5.74) is 0. The van der Waals surface area contributed by atoms with Crippen LogP contribution < -0.4 is 9.47 Å². The van der Waals surface area contributed by atoms with Crippen LogP contribution in [0.5, 0.6) is 11.5 Å². The summed E-state index contributed by atoms with van der Waals surface area (Å²) in [6, 6.07) is 7.39. The van der Waals surface area contributed by atoms with Gasteiger partial charge in [-0.3, -0.25) is 0 Å². The molecule has 0 spiro atoms. The summed E-state index contributed by atoms with van der Waals surface area (Å²) in [5, 5.41) is 0. The largest absolute Gasteiger partial charge is 0.493 e. The van der Waals surface area contributed by atoms with Crippen LogP contribution >= 0.6 is 0 Å². The van der Waals surface area contributed by atoms with Gasteiger partial charge in [-0.15, -0.1) is 6.42 Å². The smallest absolute Gasteiger partial charge is 0.162 e. The van der Waals surface area contributed by atoms with E-state index >= 15 is 0 Å². The maximum atomic E-state index is 5.22. The van der Waals surface area contributed by atoms with Crippen molar-refractivity contribution in [3.05, 3.63) is 24.3 Å². The average Bonchev–Trinajstić information content (AvgIpc) is 2.15. The summed E-state index contributed by atoms with van der Waals surface area (Å²) in [4.78, 5) is 0. The number of ether oxygens (including phenoxy) is 2. The molecule has 0 heterocycles. The van der Waals surface area contributed by atoms with Gasteiger partial charge in [-0.05, 0) is 12.1 Å². The zero-order chi connectivity index (χ0) is 8.81. The highest BCUT2D eigenvalue weighted by atomic mass is 16.5. The number of terminal acetylenes is 1. The minimum absolute atomic E-state index is 0. The minimum Gasteiger partial charge on any atom is -0.493 e. The van der Waals surface area contributed by atoms with Gasteiger partial charge in [-0.1, -0.05) is 25.5 Å². The number of hydrogen-bond acceptors (Lipinski definition) is 2. The van der Waals surface area contributed by atoms with Crippen molar-refractivity contribution in [2.75, 3.05) is 13.7 Å². The molecule has 0 radical (unpaired) electrons. The molecule has 0 aliphatic carbocycles. The Morgan fingerprint density at radius 3 is 2.46 bits per heavy atom. The lowest BCUT2D eigenvalue weighted by Gasteiger charge is -2.06. The van der Waals surface area contributed by atoms with E-state index in [-0.39, 0.29) is 14.0 Å². The molecule has 0 N–H and O–H groups in total. The topological polar surface area (TPSA) is 18.5 Å². The third-order valence-corrected chi connectivity index (χ3v) is 1.38. The summed E-state index contributed by atoms with van der Waals surface area (Å²) < 4.78 is 10.3. The number of rotatable bonds is 3. The molecule has 2 heteroatoms. The molecule has 0 fully saturated rings. The molecule has 2 nitrogen and oxygen atoms in total. The van der Waals surface area contributed by atoms with E-state index in [9.17, 15) is 0 Å². The molecule has 0 saturated carbocycles. The first-order valence-corrected chi connectivity index (χ1v) is 3.57. The Labute approximate surface area is 79.5 Å². The van der Waals surface area contributed by atoms with Gasteiger partial charge < -0.3 is 9.47 Å². The normalized spacial score (nSPS) is 8.00. The maximum absolute atomic E-state index is 5.22. The lowest BCUT2D eigenvalue weighted by molar-refractivity contribution is 0.331. The fraction of sp³-hybridized carbons (Fsp3) is 0.273. The molecule has 1 aromatic rings. The third kappa shape index (κ3) is 3.08. The molecule has 0 aliphatic rings. The van der Waals surface area contributed by atoms with Gasteiger partial charge in [-0.2, -0.15) is 0 Å². The first-order valence-electron chi connectivity index (χ1n) is 3.57. The molecule has 0 unspecified atom stereocenters. The number of methoxy groups -OCH3 is 1. The van der Waals surface area contributed by atoms with Crippen LogP contribution in [0.3, 0.4) is 0 Å². The van der Waals surface area contributed by atoms with Crippen LogP contribution in [0.25, 0.3) is 0 Å². The van der Waals surface area contributed by atoms with E-state index in [4.69, 9.17) is 15.9 Å². The Morgan fingerprint density at radius 2 is 1.92 bits per heavy atom. The van der Waals surface area contributed by atoms with Crippen molar-refractivity contribution < 1.29 is 9.47 Å². The molecule has 70 valence electrons. The summed E-state index contributed by atoms with van der Waals surface area (Å²) in [5.74, 6) is 3.77. The van der Waals surface area contributed by atoms with Crippen LogP contribution in [0.2, 0.25) is 0 Å². The molecule has 1 aromatic carbocycles. The SMILES string of the molecule is C.C#CCOc1ccccc1OC. The zero-order valence-corrected chi connectivity index (χ0v) is 6.91. The summed E-state index contributed by atoms with van der Waals surface area (Å²) in [7, 11) is 1.60. The van der Waals surface area contributed by atoms with Gasteiger partial charge in [0.1, 0.15) is 6.61 Å². The van der Waals surface area contributed by atoms with Crippen molar-refractivity contribution >= 4 is 0 Å². The molecular formula is C11H14O2. The fourth-order valence-electron chi connectivity index (χ4n) is 0.857. The van der Waals surface area contributed by atoms with Crippen LogP contribution in [-0.2, 0) is 0 Å². The highest BCUT2D eigenvalue weighted by Gasteiger charge is 1.99. The average molecular weight is 178 g/mol. The van der Waals surface area contributed by atoms with E-state index in [0.717, 1.165) is 0 Å². The zero-order valence-electron chi connectivity index (χ0n) is 6.91. The lowest BCUT2D eigenvalue weighted by Crippen LogP contribution is -1.95. The standard InChI is InChI=1S/C10H10O2.CH4/c1-3-8-12-10-7-5-4-6-9(10)11-2;/h1,4-7H,8H2,2H3;1H4.